The Morgan fingerprint density at radius 3 is 2.38 bits per heavy atom. The molecule has 0 saturated carbocycles. The molecule has 2 unspecified atom stereocenters. The van der Waals surface area contributed by atoms with Crippen LogP contribution in [0.3, 0.4) is 0 Å². The van der Waals surface area contributed by atoms with E-state index in [0.717, 1.165) is 59.0 Å². The average molecular weight is 525 g/mol. The van der Waals surface area contributed by atoms with Crippen LogP contribution in [0.2, 0.25) is 0 Å². The van der Waals surface area contributed by atoms with E-state index in [4.69, 9.17) is 14.2 Å². The van der Waals surface area contributed by atoms with Crippen molar-refractivity contribution < 1.29 is 19.0 Å². The summed E-state index contributed by atoms with van der Waals surface area (Å²) in [5.74, 6) is 2.39. The Morgan fingerprint density at radius 2 is 1.72 bits per heavy atom. The predicted molar refractivity (Wildman–Crippen MR) is 151 cm³/mol. The van der Waals surface area contributed by atoms with E-state index < -0.39 is 12.2 Å². The molecule has 4 aromatic rings. The van der Waals surface area contributed by atoms with Crippen LogP contribution in [0.25, 0.3) is 21.8 Å². The van der Waals surface area contributed by atoms with Crippen LogP contribution in [0.4, 0.5) is 10.5 Å². The van der Waals surface area contributed by atoms with Gasteiger partial charge in [-0.2, -0.15) is 0 Å². The Hall–Kier alpha value is -4.17. The predicted octanol–water partition coefficient (Wildman–Crippen LogP) is 5.99. The van der Waals surface area contributed by atoms with Crippen molar-refractivity contribution in [2.75, 3.05) is 32.6 Å². The van der Waals surface area contributed by atoms with Gasteiger partial charge in [0.25, 0.3) is 0 Å². The fraction of sp³-hybridized carbons (Fsp3) is 0.323. The number of amides is 1. The second-order valence-corrected chi connectivity index (χ2v) is 10.2. The lowest BCUT2D eigenvalue weighted by Crippen LogP contribution is -2.55. The number of rotatable bonds is 7. The number of pyridine rings is 2. The number of anilines is 1. The molecule has 2 aromatic carbocycles. The lowest BCUT2D eigenvalue weighted by atomic mass is 9.73. The molecule has 5 atom stereocenters. The highest BCUT2D eigenvalue weighted by atomic mass is 16.6. The van der Waals surface area contributed by atoms with Gasteiger partial charge in [-0.15, -0.1) is 6.58 Å². The number of benzene rings is 2. The fourth-order valence-electron chi connectivity index (χ4n) is 6.18. The van der Waals surface area contributed by atoms with E-state index in [2.05, 4.69) is 32.8 Å². The first-order valence-electron chi connectivity index (χ1n) is 13.3. The molecular weight excluding hydrogens is 492 g/mol. The number of carbonyl (C=O) groups excluding carboxylic acids is 1. The molecule has 8 nitrogen and oxygen atoms in total. The molecule has 3 saturated heterocycles. The standard InChI is InChI=1S/C31H32N4O4/c1-4-19-18-35-14-11-20(19)15-29(35)30(23-9-12-32-26-7-5-21(37-2)16-24(23)26)39-31(36)34-28-10-13-33-27-8-6-22(38-3)17-25(27)28/h4-10,12-13,16-17,19-20,29-30H,1,11,14-15,18H2,2-3H3,(H,33,34,36)/t19-,20?,29-,30+/m0/s1. The van der Waals surface area contributed by atoms with E-state index in [-0.39, 0.29) is 6.04 Å². The SMILES string of the molecule is C=C[C@H]1CN2CCC1C[C@H]2[C@H](OC(=O)Nc1ccnc2ccc(OC)cc12)c1ccnc2ccc(OC)cc12. The van der Waals surface area contributed by atoms with Gasteiger partial charge in [0.2, 0.25) is 0 Å². The summed E-state index contributed by atoms with van der Waals surface area (Å²) in [6.07, 6.45) is 6.56. The van der Waals surface area contributed by atoms with Crippen LogP contribution < -0.4 is 14.8 Å². The number of hydrogen-bond acceptors (Lipinski definition) is 7. The number of methoxy groups -OCH3 is 2. The van der Waals surface area contributed by atoms with Crippen LogP contribution in [0.1, 0.15) is 24.5 Å². The van der Waals surface area contributed by atoms with Crippen molar-refractivity contribution in [3.63, 3.8) is 0 Å². The van der Waals surface area contributed by atoms with Crippen LogP contribution in [0.15, 0.2) is 73.6 Å². The van der Waals surface area contributed by atoms with Crippen molar-refractivity contribution in [3.8, 4) is 11.5 Å². The first-order chi connectivity index (χ1) is 19.1. The first-order valence-corrected chi connectivity index (χ1v) is 13.3. The van der Waals surface area contributed by atoms with Gasteiger partial charge < -0.3 is 14.2 Å². The van der Waals surface area contributed by atoms with Crippen LogP contribution >= 0.6 is 0 Å². The minimum atomic E-state index is -0.522. The number of nitrogens with one attached hydrogen (secondary N) is 1. The number of ether oxygens (including phenoxy) is 3. The quantitative estimate of drug-likeness (QED) is 0.297. The molecule has 1 amide bonds. The Bertz CT molecular complexity index is 1540. The molecule has 0 radical (unpaired) electrons. The van der Waals surface area contributed by atoms with E-state index >= 15 is 0 Å². The van der Waals surface area contributed by atoms with Crippen LogP contribution in [-0.2, 0) is 4.74 Å². The van der Waals surface area contributed by atoms with Crippen molar-refractivity contribution >= 4 is 33.6 Å². The maximum absolute atomic E-state index is 13.6. The summed E-state index contributed by atoms with van der Waals surface area (Å²) < 4.78 is 17.3. The lowest BCUT2D eigenvalue weighted by Gasteiger charge is -2.51. The molecule has 2 bridgehead atoms. The summed E-state index contributed by atoms with van der Waals surface area (Å²) in [4.78, 5) is 25.0. The number of piperidine rings is 3. The molecule has 7 rings (SSSR count). The maximum Gasteiger partial charge on any atom is 0.412 e. The van der Waals surface area contributed by atoms with Gasteiger partial charge in [-0.25, -0.2) is 4.79 Å². The number of hydrogen-bond donors (Lipinski definition) is 1. The van der Waals surface area contributed by atoms with Crippen molar-refractivity contribution in [2.45, 2.75) is 25.0 Å². The average Bonchev–Trinajstić information content (AvgIpc) is 2.99. The third-order valence-corrected chi connectivity index (χ3v) is 8.21. The van der Waals surface area contributed by atoms with Crippen LogP contribution in [0.5, 0.6) is 11.5 Å². The zero-order valence-electron chi connectivity index (χ0n) is 22.2. The summed E-state index contributed by atoms with van der Waals surface area (Å²) in [6.45, 7) is 5.96. The van der Waals surface area contributed by atoms with Crippen molar-refractivity contribution in [1.82, 2.24) is 14.9 Å². The number of fused-ring (bicyclic) bond motifs is 5. The number of carbonyl (C=O) groups is 1. The van der Waals surface area contributed by atoms with E-state index in [9.17, 15) is 4.79 Å². The van der Waals surface area contributed by atoms with Gasteiger partial charge in [-0.1, -0.05) is 6.08 Å². The van der Waals surface area contributed by atoms with E-state index in [1.54, 1.807) is 32.7 Å². The van der Waals surface area contributed by atoms with Gasteiger partial charge in [0.05, 0.1) is 37.0 Å². The Labute approximate surface area is 227 Å². The van der Waals surface area contributed by atoms with Crippen molar-refractivity contribution in [3.05, 3.63) is 79.1 Å². The van der Waals surface area contributed by atoms with E-state index in [1.165, 1.54) is 0 Å². The fourth-order valence-corrected chi connectivity index (χ4v) is 6.18. The highest BCUT2D eigenvalue weighted by molar-refractivity contribution is 5.99. The summed E-state index contributed by atoms with van der Waals surface area (Å²) in [7, 11) is 3.26. The topological polar surface area (TPSA) is 85.8 Å². The summed E-state index contributed by atoms with van der Waals surface area (Å²) in [5, 5.41) is 4.67. The van der Waals surface area contributed by atoms with E-state index in [0.29, 0.717) is 23.3 Å². The molecule has 39 heavy (non-hydrogen) atoms. The Morgan fingerprint density at radius 1 is 1.03 bits per heavy atom. The zero-order chi connectivity index (χ0) is 26.9. The smallest absolute Gasteiger partial charge is 0.412 e. The summed E-state index contributed by atoms with van der Waals surface area (Å²) >= 11 is 0. The lowest BCUT2D eigenvalue weighted by molar-refractivity contribution is -0.0473. The molecule has 3 aliphatic rings. The normalized spacial score (nSPS) is 22.8. The third-order valence-electron chi connectivity index (χ3n) is 8.21. The van der Waals surface area contributed by atoms with Gasteiger partial charge in [-0.05, 0) is 79.8 Å². The maximum atomic E-state index is 13.6. The second kappa shape index (κ2) is 10.5. The van der Waals surface area contributed by atoms with Crippen LogP contribution in [-0.4, -0.2) is 54.3 Å². The molecule has 1 N–H and O–H groups in total. The number of aromatic nitrogens is 2. The molecule has 0 spiro atoms. The Kier molecular flexibility index (Phi) is 6.79. The monoisotopic (exact) mass is 524 g/mol. The highest BCUT2D eigenvalue weighted by Gasteiger charge is 2.44. The molecule has 3 aliphatic heterocycles. The van der Waals surface area contributed by atoms with Crippen LogP contribution in [0, 0.1) is 11.8 Å². The molecule has 8 heteroatoms. The molecular formula is C31H32N4O4. The van der Waals surface area contributed by atoms with Gasteiger partial charge >= 0.3 is 6.09 Å². The Balaban J connectivity index is 1.37. The molecule has 0 aliphatic carbocycles. The molecule has 5 heterocycles. The van der Waals surface area contributed by atoms with E-state index in [1.807, 2.05) is 42.5 Å². The minimum absolute atomic E-state index is 0.0387. The van der Waals surface area contributed by atoms with Gasteiger partial charge in [0, 0.05) is 35.3 Å². The first kappa shape index (κ1) is 25.1. The highest BCUT2D eigenvalue weighted by Crippen LogP contribution is 2.44. The second-order valence-electron chi connectivity index (χ2n) is 10.2. The molecule has 3 fully saturated rings. The summed E-state index contributed by atoms with van der Waals surface area (Å²) in [5.41, 5.74) is 3.11. The zero-order valence-corrected chi connectivity index (χ0v) is 22.2. The number of nitrogens with zero attached hydrogens (tertiary/aromatic N) is 3. The van der Waals surface area contributed by atoms with Crippen molar-refractivity contribution in [1.29, 1.82) is 0 Å². The summed E-state index contributed by atoms with van der Waals surface area (Å²) in [6, 6.07) is 15.1. The largest absolute Gasteiger partial charge is 0.497 e. The molecule has 2 aromatic heterocycles. The molecule has 200 valence electrons. The van der Waals surface area contributed by atoms with Gasteiger partial charge in [0.15, 0.2) is 0 Å². The van der Waals surface area contributed by atoms with Gasteiger partial charge in [-0.3, -0.25) is 20.2 Å². The van der Waals surface area contributed by atoms with Crippen molar-refractivity contribution in [2.24, 2.45) is 11.8 Å². The third kappa shape index (κ3) is 4.76. The van der Waals surface area contributed by atoms with Gasteiger partial charge in [0.1, 0.15) is 17.6 Å². The minimum Gasteiger partial charge on any atom is -0.497 e.